The number of rotatable bonds is 10. The van der Waals surface area contributed by atoms with Gasteiger partial charge in [-0.15, -0.1) is 0 Å². The maximum absolute atomic E-state index is 12.7. The molecule has 0 atom stereocenters. The summed E-state index contributed by atoms with van der Waals surface area (Å²) in [7, 11) is 1.63. The van der Waals surface area contributed by atoms with Crippen molar-refractivity contribution in [3.63, 3.8) is 0 Å². The second kappa shape index (κ2) is 11.9. The zero-order valence-corrected chi connectivity index (χ0v) is 19.4. The van der Waals surface area contributed by atoms with Crippen LogP contribution in [0.4, 0.5) is 0 Å². The zero-order valence-electron chi connectivity index (χ0n) is 16.2. The second-order valence-corrected chi connectivity index (χ2v) is 8.15. The monoisotopic (exact) mass is 526 g/mol. The number of benzene rings is 1. The number of methoxy groups -OCH3 is 1. The summed E-state index contributed by atoms with van der Waals surface area (Å²) in [4.78, 5) is 27.9. The van der Waals surface area contributed by atoms with Crippen molar-refractivity contribution in [3.05, 3.63) is 60.9 Å². The Morgan fingerprint density at radius 1 is 1.10 bits per heavy atom. The lowest BCUT2D eigenvalue weighted by Gasteiger charge is -2.13. The van der Waals surface area contributed by atoms with Crippen molar-refractivity contribution < 1.29 is 14.4 Å². The summed E-state index contributed by atoms with van der Waals surface area (Å²) in [6, 6.07) is 9.47. The van der Waals surface area contributed by atoms with Crippen LogP contribution in [0.25, 0.3) is 12.2 Å². The molecule has 0 unspecified atom stereocenters. The van der Waals surface area contributed by atoms with E-state index in [0.29, 0.717) is 17.4 Å². The Balaban J connectivity index is 2.11. The highest BCUT2D eigenvalue weighted by Crippen LogP contribution is 2.23. The predicted octanol–water partition coefficient (Wildman–Crippen LogP) is 4.92. The summed E-state index contributed by atoms with van der Waals surface area (Å²) >= 11 is 6.90. The van der Waals surface area contributed by atoms with Gasteiger partial charge in [-0.25, -0.2) is 0 Å². The molecule has 2 rings (SSSR count). The lowest BCUT2D eigenvalue weighted by molar-refractivity contribution is -0.144. The van der Waals surface area contributed by atoms with Gasteiger partial charge in [0.15, 0.2) is 0 Å². The van der Waals surface area contributed by atoms with Gasteiger partial charge in [-0.1, -0.05) is 31.1 Å². The molecule has 2 aromatic rings. The Bertz CT molecular complexity index is 925. The summed E-state index contributed by atoms with van der Waals surface area (Å²) < 4.78 is 8.34. The first-order valence-electron chi connectivity index (χ1n) is 9.26. The molecule has 0 aliphatic carbocycles. The minimum atomic E-state index is -0.401. The number of hydrogen-bond acceptors (Lipinski definition) is 5. The summed E-state index contributed by atoms with van der Waals surface area (Å²) in [6.07, 6.45) is 7.49. The first-order chi connectivity index (χ1) is 14.0. The van der Waals surface area contributed by atoms with E-state index in [4.69, 9.17) is 10.6 Å². The molecule has 6 nitrogen and oxygen atoms in total. The molecule has 1 heterocycles. The molecule has 1 aromatic carbocycles. The number of ether oxygens (including phenoxy) is 1. The molecule has 0 amide bonds. The molecule has 0 spiro atoms. The maximum Gasteiger partial charge on any atom is 0.324 e. The first-order valence-corrected chi connectivity index (χ1v) is 10.9. The van der Waals surface area contributed by atoms with Crippen molar-refractivity contribution in [1.29, 1.82) is 0 Å². The summed E-state index contributed by atoms with van der Waals surface area (Å²) in [5.41, 5.74) is 1.70. The maximum atomic E-state index is 12.7. The molecule has 29 heavy (non-hydrogen) atoms. The molecule has 0 fully saturated rings. The number of aromatic nitrogens is 1. The van der Waals surface area contributed by atoms with Gasteiger partial charge >= 0.3 is 5.97 Å². The van der Waals surface area contributed by atoms with E-state index >= 15 is 0 Å². The van der Waals surface area contributed by atoms with Crippen molar-refractivity contribution in [3.8, 4) is 5.75 Å². The Morgan fingerprint density at radius 3 is 2.59 bits per heavy atom. The molecule has 0 radical (unpaired) electrons. The van der Waals surface area contributed by atoms with Gasteiger partial charge in [-0.05, 0) is 74.5 Å². The van der Waals surface area contributed by atoms with Crippen LogP contribution in [-0.2, 0) is 16.2 Å². The van der Waals surface area contributed by atoms with Crippen LogP contribution in [0.15, 0.2) is 44.1 Å². The van der Waals surface area contributed by atoms with Crippen LogP contribution >= 0.6 is 31.9 Å². The van der Waals surface area contributed by atoms with Crippen molar-refractivity contribution in [2.75, 3.05) is 7.11 Å². The number of nitrogens with two attached hydrogens (primary N) is 1. The number of halogens is 2. The summed E-state index contributed by atoms with van der Waals surface area (Å²) in [5.74, 6) is 5.20. The van der Waals surface area contributed by atoms with E-state index in [2.05, 4.69) is 36.7 Å². The third kappa shape index (κ3) is 7.13. The molecular weight excluding hydrogens is 504 g/mol. The normalized spacial score (nSPS) is 11.0. The fourth-order valence-electron chi connectivity index (χ4n) is 2.88. The molecule has 0 saturated heterocycles. The van der Waals surface area contributed by atoms with Gasteiger partial charge in [0.2, 0.25) is 0 Å². The van der Waals surface area contributed by atoms with Gasteiger partial charge in [-0.2, -0.15) is 5.90 Å². The highest BCUT2D eigenvalue weighted by Gasteiger charge is 2.10. The average molecular weight is 528 g/mol. The number of hydrogen-bond donors (Lipinski definition) is 1. The first kappa shape index (κ1) is 23.4. The molecule has 0 saturated carbocycles. The molecular formula is C21H24Br2N2O4. The molecule has 1 aromatic heterocycles. The minimum Gasteiger partial charge on any atom is -0.497 e. The van der Waals surface area contributed by atoms with Gasteiger partial charge in [0.25, 0.3) is 5.56 Å². The van der Waals surface area contributed by atoms with E-state index in [1.54, 1.807) is 17.7 Å². The SMILES string of the molecule is COc1cccc(/C=C/c2c(Br)cc(Br)c(=O)n2CCCCCCC(=O)ON)c1. The highest BCUT2D eigenvalue weighted by atomic mass is 79.9. The van der Waals surface area contributed by atoms with Crippen molar-refractivity contribution in [2.24, 2.45) is 5.90 Å². The van der Waals surface area contributed by atoms with Gasteiger partial charge in [-0.3, -0.25) is 9.59 Å². The van der Waals surface area contributed by atoms with Crippen LogP contribution in [0.2, 0.25) is 0 Å². The Labute approximate surface area is 186 Å². The Kier molecular flexibility index (Phi) is 9.63. The average Bonchev–Trinajstić information content (AvgIpc) is 2.73. The highest BCUT2D eigenvalue weighted by molar-refractivity contribution is 9.11. The van der Waals surface area contributed by atoms with Gasteiger partial charge in [0.05, 0.1) is 17.3 Å². The van der Waals surface area contributed by atoms with E-state index in [1.165, 1.54) is 0 Å². The molecule has 8 heteroatoms. The molecule has 2 N–H and O–H groups in total. The number of pyridine rings is 1. The standard InChI is InChI=1S/C21H24Br2N2O4/c1-28-16-8-6-7-15(13-16)10-11-19-17(22)14-18(23)21(27)25(19)12-5-3-2-4-9-20(26)29-24/h6-8,10-11,13-14H,2-5,9,12,24H2,1H3/b11-10+. The lowest BCUT2D eigenvalue weighted by atomic mass is 10.1. The molecule has 0 aliphatic heterocycles. The van der Waals surface area contributed by atoms with Gasteiger partial charge in [0.1, 0.15) is 5.75 Å². The third-order valence-electron chi connectivity index (χ3n) is 4.41. The van der Waals surface area contributed by atoms with Gasteiger partial charge in [0, 0.05) is 17.4 Å². The number of carbonyl (C=O) groups excluding carboxylic acids is 1. The van der Waals surface area contributed by atoms with E-state index in [0.717, 1.165) is 47.2 Å². The van der Waals surface area contributed by atoms with Crippen LogP contribution < -0.4 is 16.2 Å². The number of unbranched alkanes of at least 4 members (excludes halogenated alkanes) is 3. The van der Waals surface area contributed by atoms with Crippen LogP contribution in [0.1, 0.15) is 43.4 Å². The predicted molar refractivity (Wildman–Crippen MR) is 121 cm³/mol. The number of carbonyl (C=O) groups is 1. The minimum absolute atomic E-state index is 0.0785. The van der Waals surface area contributed by atoms with Crippen LogP contribution in [0.5, 0.6) is 5.75 Å². The summed E-state index contributed by atoms with van der Waals surface area (Å²) in [6.45, 7) is 0.579. The topological polar surface area (TPSA) is 83.5 Å². The van der Waals surface area contributed by atoms with Crippen molar-refractivity contribution in [1.82, 2.24) is 4.57 Å². The van der Waals surface area contributed by atoms with Crippen molar-refractivity contribution in [2.45, 2.75) is 38.6 Å². The van der Waals surface area contributed by atoms with Crippen molar-refractivity contribution >= 4 is 50.0 Å². The smallest absolute Gasteiger partial charge is 0.324 e. The molecule has 0 bridgehead atoms. The quantitative estimate of drug-likeness (QED) is 0.350. The Morgan fingerprint density at radius 2 is 1.86 bits per heavy atom. The van der Waals surface area contributed by atoms with Gasteiger partial charge < -0.3 is 14.1 Å². The third-order valence-corrected chi connectivity index (χ3v) is 5.61. The summed E-state index contributed by atoms with van der Waals surface area (Å²) in [5, 5.41) is 0. The van der Waals surface area contributed by atoms with E-state index in [1.807, 2.05) is 36.4 Å². The van der Waals surface area contributed by atoms with E-state index in [-0.39, 0.29) is 5.56 Å². The fraction of sp³-hybridized carbons (Fsp3) is 0.333. The lowest BCUT2D eigenvalue weighted by Crippen LogP contribution is -2.23. The van der Waals surface area contributed by atoms with Crippen LogP contribution in [-0.4, -0.2) is 17.6 Å². The fourth-order valence-corrected chi connectivity index (χ4v) is 4.20. The molecule has 0 aliphatic rings. The number of nitrogens with zero attached hydrogens (tertiary/aromatic N) is 1. The van der Waals surface area contributed by atoms with Crippen LogP contribution in [0.3, 0.4) is 0 Å². The second-order valence-electron chi connectivity index (χ2n) is 6.45. The van der Waals surface area contributed by atoms with Crippen LogP contribution in [0, 0.1) is 0 Å². The Hall–Kier alpha value is -1.90. The zero-order chi connectivity index (χ0) is 21.2. The molecule has 156 valence electrons. The largest absolute Gasteiger partial charge is 0.497 e. The van der Waals surface area contributed by atoms with E-state index < -0.39 is 5.97 Å². The van der Waals surface area contributed by atoms with E-state index in [9.17, 15) is 9.59 Å².